The lowest BCUT2D eigenvalue weighted by Gasteiger charge is -2.43. The maximum absolute atomic E-state index is 14.5. The monoisotopic (exact) mass is 1760 g/mol. The van der Waals surface area contributed by atoms with Crippen LogP contribution in [-0.2, 0) is 124 Å². The Labute approximate surface area is 717 Å². The molecule has 3 fully saturated rings. The predicted molar refractivity (Wildman–Crippen MR) is 429 cm³/mol. The number of rotatable bonds is 59. The fourth-order valence-corrected chi connectivity index (χ4v) is 14.5. The molecule has 1 aromatic rings. The number of benzene rings is 1. The van der Waals surface area contributed by atoms with Crippen LogP contribution >= 0.6 is 0 Å². The highest BCUT2D eigenvalue weighted by molar-refractivity contribution is 5.82. The van der Waals surface area contributed by atoms with E-state index >= 15 is 0 Å². The molecule has 0 spiro atoms. The van der Waals surface area contributed by atoms with Crippen LogP contribution < -0.4 is 31.3 Å². The van der Waals surface area contributed by atoms with Gasteiger partial charge in [0.2, 0.25) is 64.4 Å². The number of halogens is 5. The third-order valence-corrected chi connectivity index (χ3v) is 22.2. The van der Waals surface area contributed by atoms with Crippen LogP contribution in [0.15, 0.2) is 0 Å². The van der Waals surface area contributed by atoms with E-state index in [-0.39, 0.29) is 169 Å². The van der Waals surface area contributed by atoms with Crippen molar-refractivity contribution in [2.75, 3.05) is 65.8 Å². The zero-order valence-electron chi connectivity index (χ0n) is 73.4. The Morgan fingerprint density at radius 1 is 0.317 bits per heavy atom. The van der Waals surface area contributed by atoms with Crippen molar-refractivity contribution in [1.82, 2.24) is 26.6 Å². The highest BCUT2D eigenvalue weighted by atomic mass is 19.2. The minimum atomic E-state index is -2.48. The van der Waals surface area contributed by atoms with Crippen molar-refractivity contribution >= 4 is 82.9 Å². The Morgan fingerprint density at radius 3 is 0.967 bits per heavy atom. The molecule has 698 valence electrons. The summed E-state index contributed by atoms with van der Waals surface area (Å²) in [5.74, 6) is -21.8. The summed E-state index contributed by atoms with van der Waals surface area (Å²) in [6, 6.07) is 0. The van der Waals surface area contributed by atoms with Gasteiger partial charge in [-0.2, -0.15) is 8.78 Å². The number of carbonyl (C=O) groups excluding carboxylic acids is 14. The molecule has 123 heavy (non-hydrogen) atoms. The molecular weight excluding hydrogens is 1630 g/mol. The fourth-order valence-electron chi connectivity index (χ4n) is 14.5. The highest BCUT2D eigenvalue weighted by Gasteiger charge is 2.48. The molecule has 3 saturated heterocycles. The zero-order valence-corrected chi connectivity index (χ0v) is 73.4. The van der Waals surface area contributed by atoms with E-state index < -0.39 is 175 Å². The van der Waals surface area contributed by atoms with Gasteiger partial charge >= 0.3 is 41.8 Å². The first-order chi connectivity index (χ1) is 58.3. The van der Waals surface area contributed by atoms with E-state index in [0.29, 0.717) is 116 Å². The molecule has 16 unspecified atom stereocenters. The maximum Gasteiger partial charge on any atom is 0.311 e. The van der Waals surface area contributed by atoms with Crippen LogP contribution in [0.5, 0.6) is 5.75 Å². The summed E-state index contributed by atoms with van der Waals surface area (Å²) in [5.41, 5.74) is -1.49. The van der Waals surface area contributed by atoms with E-state index in [0.717, 1.165) is 0 Å². The first-order valence-electron chi connectivity index (χ1n) is 43.2. The van der Waals surface area contributed by atoms with Crippen molar-refractivity contribution in [1.29, 1.82) is 0 Å². The van der Waals surface area contributed by atoms with Crippen LogP contribution in [0.2, 0.25) is 0 Å². The summed E-state index contributed by atoms with van der Waals surface area (Å²) < 4.78 is 144. The summed E-state index contributed by atoms with van der Waals surface area (Å²) in [5, 5.41) is 14.2. The molecule has 1 aromatic carbocycles. The van der Waals surface area contributed by atoms with E-state index in [1.807, 2.05) is 41.5 Å². The predicted octanol–water partition coefficient (Wildman–Crippen LogP) is 10.2. The topological polar surface area (TPSA) is 419 Å². The molecule has 3 aliphatic heterocycles. The van der Waals surface area contributed by atoms with Gasteiger partial charge in [0.15, 0.2) is 18.9 Å². The van der Waals surface area contributed by atoms with E-state index in [2.05, 4.69) is 31.3 Å². The van der Waals surface area contributed by atoms with Crippen LogP contribution in [0.3, 0.4) is 0 Å². The molecule has 5 N–H and O–H groups in total. The Bertz CT molecular complexity index is 3280. The van der Waals surface area contributed by atoms with Gasteiger partial charge in [0.25, 0.3) is 0 Å². The van der Waals surface area contributed by atoms with Crippen molar-refractivity contribution in [2.24, 2.45) is 35.5 Å². The van der Waals surface area contributed by atoms with Gasteiger partial charge in [-0.1, -0.05) is 60.8 Å². The Kier molecular flexibility index (Phi) is 49.8. The van der Waals surface area contributed by atoms with Crippen LogP contribution in [-0.4, -0.2) is 210 Å². The van der Waals surface area contributed by atoms with Crippen molar-refractivity contribution in [3.63, 3.8) is 0 Å². The number of unbranched alkanes of at least 4 members (excludes halogenated alkanes) is 8. The molecule has 0 bridgehead atoms. The first kappa shape index (κ1) is 107. The van der Waals surface area contributed by atoms with Crippen molar-refractivity contribution in [3.05, 3.63) is 29.1 Å². The van der Waals surface area contributed by atoms with Crippen molar-refractivity contribution < 1.29 is 151 Å². The molecule has 0 aromatic heterocycles. The zero-order chi connectivity index (χ0) is 91.3. The van der Waals surface area contributed by atoms with Gasteiger partial charge in [0.1, 0.15) is 68.0 Å². The molecule has 32 nitrogen and oxygen atoms in total. The molecule has 3 aliphatic rings. The van der Waals surface area contributed by atoms with Crippen LogP contribution in [0, 0.1) is 64.6 Å². The number of hydrogen-bond acceptors (Lipinski definition) is 27. The second-order valence-electron chi connectivity index (χ2n) is 32.3. The summed E-state index contributed by atoms with van der Waals surface area (Å²) in [4.78, 5) is 177. The second-order valence-corrected chi connectivity index (χ2v) is 32.3. The number of hydrogen-bond donors (Lipinski definition) is 5. The van der Waals surface area contributed by atoms with E-state index in [1.54, 1.807) is 0 Å². The summed E-state index contributed by atoms with van der Waals surface area (Å²) in [7, 11) is 0. The molecule has 37 heteroatoms. The van der Waals surface area contributed by atoms with Gasteiger partial charge in [0.05, 0.1) is 0 Å². The van der Waals surface area contributed by atoms with Gasteiger partial charge in [-0.25, -0.2) is 13.2 Å². The highest BCUT2D eigenvalue weighted by Crippen LogP contribution is 2.38. The van der Waals surface area contributed by atoms with Gasteiger partial charge in [-0.3, -0.25) is 67.1 Å². The largest absolute Gasteiger partial charge is 0.463 e. The second kappa shape index (κ2) is 57.3. The minimum Gasteiger partial charge on any atom is -0.463 e. The number of amides is 5. The van der Waals surface area contributed by atoms with Gasteiger partial charge < -0.3 is 88.2 Å². The fraction of sp³-hybridized carbons (Fsp3) is 0.767. The number of ketones is 2. The molecule has 16 atom stereocenters. The first-order valence-corrected chi connectivity index (χ1v) is 43.2. The van der Waals surface area contributed by atoms with Crippen LogP contribution in [0.1, 0.15) is 263 Å². The number of esters is 7. The smallest absolute Gasteiger partial charge is 0.311 e. The Morgan fingerprint density at radius 2 is 0.618 bits per heavy atom. The van der Waals surface area contributed by atoms with Crippen LogP contribution in [0.25, 0.3) is 0 Å². The lowest BCUT2D eigenvalue weighted by atomic mass is 9.82. The molecule has 3 heterocycles. The number of ether oxygens (including phenoxy) is 13. The Balaban J connectivity index is 1.36. The Hall–Kier alpha value is -8.39. The SMILES string of the molecule is CC(=O)OCC1OC(OCCCCCC(=O)CCCCNC(=O)CCC(CCC(=O)CCCCNC(=O)CCCCCOC2OC(COC(C)=O)C(OC(C)=O)C(C)C2C)(CCC(=O)NCCCNC(=O)CCCCCOC2OC(COC(C)=O)C(OC(C)=O)C(C)C2C)NC(=O)CCCC(=O)Oc2c(F)c(F)c(F)c(F)c2F)C(C)C(C)C1OC(C)=O. The van der Waals surface area contributed by atoms with E-state index in [4.69, 9.17) is 56.8 Å². The number of Topliss-reactive ketones (excluding diaryl/α,β-unsaturated/α-hetero) is 2. The van der Waals surface area contributed by atoms with Gasteiger partial charge in [0, 0.05) is 193 Å². The van der Waals surface area contributed by atoms with Crippen molar-refractivity contribution in [3.8, 4) is 5.75 Å². The normalized spacial score (nSPS) is 22.9. The average Bonchev–Trinajstić information content (AvgIpc) is 0.820. The van der Waals surface area contributed by atoms with E-state index in [9.17, 15) is 89.1 Å². The molecule has 0 saturated carbocycles. The van der Waals surface area contributed by atoms with E-state index in [1.165, 1.54) is 41.5 Å². The van der Waals surface area contributed by atoms with Crippen molar-refractivity contribution in [2.45, 2.75) is 324 Å². The molecule has 5 amide bonds. The molecular formula is C86H132F5N5O27. The quantitative estimate of drug-likeness (QED) is 0.00769. The third kappa shape index (κ3) is 40.6. The van der Waals surface area contributed by atoms with Crippen LogP contribution in [0.4, 0.5) is 22.0 Å². The summed E-state index contributed by atoms with van der Waals surface area (Å²) in [6.45, 7) is 20.3. The molecule has 0 radical (unpaired) electrons. The molecule has 4 rings (SSSR count). The average molecular weight is 1760 g/mol. The third-order valence-electron chi connectivity index (χ3n) is 22.2. The number of carbonyl (C=O) groups is 14. The number of nitrogens with one attached hydrogen (secondary N) is 5. The summed E-state index contributed by atoms with van der Waals surface area (Å²) in [6.07, 6.45) is -0.648. The lowest BCUT2D eigenvalue weighted by Crippen LogP contribution is -2.53. The minimum absolute atomic E-state index is 0.0162. The lowest BCUT2D eigenvalue weighted by molar-refractivity contribution is -0.273. The van der Waals surface area contributed by atoms with Gasteiger partial charge in [-0.15, -0.1) is 0 Å². The molecule has 0 aliphatic carbocycles. The summed E-state index contributed by atoms with van der Waals surface area (Å²) >= 11 is 0. The standard InChI is InChI=1S/C86H132F5N5O27/c1-51-54(4)83(120-65(48-114-57(7)97)79(51)117-60(10)100)111-45-23-13-16-28-63(103)29-19-21-42-93-70(107)36-39-86(96-72(109)33-26-34-73(110)123-82-77(90)75(88)74(87)76(89)78(82)91,38-35-64(104)30-20-22-41-92-68(105)31-17-14-24-46-112-84-55(5)52(2)80(118-61(11)101)66(121-84)49-115-58(8)98)40-37-71(108)95-44-27-43-94-69(106)32-18-15-25-47-113-85-56(6)53(3)81(119-62(12)102)67(122-85)50-116-59(9)99/h51-56,65-67,79-81,83-85H,13-50H2,1-12H3,(H,92,105)(H,93,107)(H,94,106)(H,95,108)(H,96,109). The maximum atomic E-state index is 14.5. The van der Waals surface area contributed by atoms with Gasteiger partial charge in [-0.05, 0) is 96.3 Å².